The van der Waals surface area contributed by atoms with Crippen LogP contribution in [0.15, 0.2) is 29.3 Å². The van der Waals surface area contributed by atoms with Gasteiger partial charge in [0.25, 0.3) is 0 Å². The molecule has 2 aliphatic rings. The second-order valence-corrected chi connectivity index (χ2v) is 8.58. The van der Waals surface area contributed by atoms with Crippen LogP contribution in [0.25, 0.3) is 0 Å². The van der Waals surface area contributed by atoms with Crippen molar-refractivity contribution < 1.29 is 9.13 Å². The van der Waals surface area contributed by atoms with Crippen molar-refractivity contribution in [1.82, 2.24) is 15.1 Å². The average molecular weight is 518 g/mol. The van der Waals surface area contributed by atoms with Gasteiger partial charge in [0.15, 0.2) is 5.96 Å². The fourth-order valence-electron chi connectivity index (χ4n) is 4.02. The molecule has 0 amide bonds. The number of hydrogen-bond donors (Lipinski definition) is 1. The number of nitrogens with zero attached hydrogens (tertiary/aromatic N) is 3. The molecule has 0 bridgehead atoms. The molecule has 0 aromatic heterocycles. The fraction of sp³-hybridized carbons (Fsp3) is 0.682. The van der Waals surface area contributed by atoms with Crippen LogP contribution >= 0.6 is 24.0 Å². The van der Waals surface area contributed by atoms with Crippen molar-refractivity contribution in [2.45, 2.75) is 32.6 Å². The predicted molar refractivity (Wildman–Crippen MR) is 128 cm³/mol. The standard InChI is InChI=1S/C22H35FN4O.HI/c1-4-24-21(25-17-22(2,3)19-6-5-7-20(23)14-19)27-9-8-18(16-27)15-26-10-12-28-13-11-26;/h5-7,14,18H,4,8-13,15-17H2,1-3H3,(H,24,25);1H. The van der Waals surface area contributed by atoms with Gasteiger partial charge in [0.2, 0.25) is 0 Å². The monoisotopic (exact) mass is 518 g/mol. The summed E-state index contributed by atoms with van der Waals surface area (Å²) in [7, 11) is 0. The highest BCUT2D eigenvalue weighted by Gasteiger charge is 2.28. The quantitative estimate of drug-likeness (QED) is 0.357. The molecule has 5 nitrogen and oxygen atoms in total. The normalized spacial score (nSPS) is 21.2. The summed E-state index contributed by atoms with van der Waals surface area (Å²) in [5, 5.41) is 3.45. The number of nitrogens with one attached hydrogen (secondary N) is 1. The van der Waals surface area contributed by atoms with Crippen LogP contribution in [0, 0.1) is 11.7 Å². The fourth-order valence-corrected chi connectivity index (χ4v) is 4.02. The van der Waals surface area contributed by atoms with Gasteiger partial charge >= 0.3 is 0 Å². The number of morpholine rings is 1. The van der Waals surface area contributed by atoms with Crippen LogP contribution in [0.4, 0.5) is 4.39 Å². The molecule has 29 heavy (non-hydrogen) atoms. The van der Waals surface area contributed by atoms with Crippen molar-refractivity contribution in [1.29, 1.82) is 0 Å². The Labute approximate surface area is 192 Å². The third kappa shape index (κ3) is 7.07. The number of guanidine groups is 1. The van der Waals surface area contributed by atoms with E-state index in [-0.39, 0.29) is 35.2 Å². The minimum atomic E-state index is -0.213. The number of rotatable bonds is 6. The summed E-state index contributed by atoms with van der Waals surface area (Å²) in [5.41, 5.74) is 0.772. The van der Waals surface area contributed by atoms with E-state index in [1.807, 2.05) is 6.07 Å². The zero-order valence-electron chi connectivity index (χ0n) is 18.0. The molecule has 1 N–H and O–H groups in total. The Kier molecular flexibility index (Phi) is 9.62. The van der Waals surface area contributed by atoms with Crippen molar-refractivity contribution in [3.05, 3.63) is 35.6 Å². The van der Waals surface area contributed by atoms with Crippen molar-refractivity contribution in [3.8, 4) is 0 Å². The minimum absolute atomic E-state index is 0. The van der Waals surface area contributed by atoms with Crippen molar-refractivity contribution in [2.75, 3.05) is 59.0 Å². The Hall–Kier alpha value is -0.930. The Bertz CT molecular complexity index is 664. The van der Waals surface area contributed by atoms with Gasteiger partial charge in [0.1, 0.15) is 5.82 Å². The zero-order valence-corrected chi connectivity index (χ0v) is 20.3. The van der Waals surface area contributed by atoms with E-state index in [1.54, 1.807) is 12.1 Å². The summed E-state index contributed by atoms with van der Waals surface area (Å²) in [6, 6.07) is 6.88. The van der Waals surface area contributed by atoms with E-state index in [4.69, 9.17) is 9.73 Å². The van der Waals surface area contributed by atoms with Gasteiger partial charge in [-0.2, -0.15) is 0 Å². The molecule has 1 unspecified atom stereocenters. The molecule has 1 atom stereocenters. The maximum atomic E-state index is 13.6. The summed E-state index contributed by atoms with van der Waals surface area (Å²) in [6.07, 6.45) is 1.20. The third-order valence-electron chi connectivity index (χ3n) is 5.77. The molecule has 2 aliphatic heterocycles. The van der Waals surface area contributed by atoms with E-state index < -0.39 is 0 Å². The molecular formula is C22H36FIN4O. The van der Waals surface area contributed by atoms with Crippen LogP contribution in [0.3, 0.4) is 0 Å². The van der Waals surface area contributed by atoms with E-state index in [9.17, 15) is 4.39 Å². The highest BCUT2D eigenvalue weighted by Crippen LogP contribution is 2.25. The predicted octanol–water partition coefficient (Wildman–Crippen LogP) is 3.34. The van der Waals surface area contributed by atoms with Gasteiger partial charge < -0.3 is 15.0 Å². The number of ether oxygens (including phenoxy) is 1. The Morgan fingerprint density at radius 3 is 2.72 bits per heavy atom. The first kappa shape index (κ1) is 24.3. The maximum absolute atomic E-state index is 13.6. The lowest BCUT2D eigenvalue weighted by molar-refractivity contribution is 0.0315. The van der Waals surface area contributed by atoms with Crippen LogP contribution in [0.2, 0.25) is 0 Å². The number of benzene rings is 1. The first-order chi connectivity index (χ1) is 13.5. The van der Waals surface area contributed by atoms with Gasteiger partial charge in [-0.05, 0) is 37.0 Å². The average Bonchev–Trinajstić information content (AvgIpc) is 3.14. The summed E-state index contributed by atoms with van der Waals surface area (Å²) in [4.78, 5) is 9.84. The van der Waals surface area contributed by atoms with Crippen LogP contribution in [0.5, 0.6) is 0 Å². The van der Waals surface area contributed by atoms with Gasteiger partial charge in [0, 0.05) is 44.7 Å². The number of likely N-dealkylation sites (tertiary alicyclic amines) is 1. The van der Waals surface area contributed by atoms with Crippen molar-refractivity contribution >= 4 is 29.9 Å². The molecule has 1 aromatic rings. The first-order valence-corrected chi connectivity index (χ1v) is 10.6. The molecule has 2 saturated heterocycles. The molecule has 1 aromatic carbocycles. The smallest absolute Gasteiger partial charge is 0.193 e. The highest BCUT2D eigenvalue weighted by atomic mass is 127. The zero-order chi connectivity index (χ0) is 20.0. The Balaban J connectivity index is 0.00000300. The lowest BCUT2D eigenvalue weighted by Gasteiger charge is -2.29. The summed E-state index contributed by atoms with van der Waals surface area (Å²) < 4.78 is 19.1. The van der Waals surface area contributed by atoms with Crippen LogP contribution in [-0.2, 0) is 10.2 Å². The topological polar surface area (TPSA) is 40.1 Å². The Morgan fingerprint density at radius 2 is 2.03 bits per heavy atom. The maximum Gasteiger partial charge on any atom is 0.193 e. The van der Waals surface area contributed by atoms with E-state index in [0.29, 0.717) is 12.5 Å². The summed E-state index contributed by atoms with van der Waals surface area (Å²) in [6.45, 7) is 14.9. The number of hydrogen-bond acceptors (Lipinski definition) is 3. The molecule has 7 heteroatoms. The van der Waals surface area contributed by atoms with E-state index >= 15 is 0 Å². The van der Waals surface area contributed by atoms with Crippen LogP contribution in [-0.4, -0.2) is 74.8 Å². The molecule has 3 rings (SSSR count). The largest absolute Gasteiger partial charge is 0.379 e. The second kappa shape index (κ2) is 11.5. The number of aliphatic imine (C=N–C) groups is 1. The molecule has 164 valence electrons. The minimum Gasteiger partial charge on any atom is -0.379 e. The second-order valence-electron chi connectivity index (χ2n) is 8.58. The molecule has 0 spiro atoms. The molecule has 2 fully saturated rings. The SMILES string of the molecule is CCNC(=NCC(C)(C)c1cccc(F)c1)N1CCC(CN2CCOCC2)C1.I. The van der Waals surface area contributed by atoms with Gasteiger partial charge in [0.05, 0.1) is 19.8 Å². The lowest BCUT2D eigenvalue weighted by atomic mass is 9.85. The van der Waals surface area contributed by atoms with Gasteiger partial charge in [-0.15, -0.1) is 24.0 Å². The molecule has 0 aliphatic carbocycles. The third-order valence-corrected chi connectivity index (χ3v) is 5.77. The summed E-state index contributed by atoms with van der Waals surface area (Å²) >= 11 is 0. The van der Waals surface area contributed by atoms with E-state index in [1.165, 1.54) is 12.5 Å². The van der Waals surface area contributed by atoms with E-state index in [0.717, 1.165) is 64.0 Å². The van der Waals surface area contributed by atoms with Crippen LogP contribution < -0.4 is 5.32 Å². The van der Waals surface area contributed by atoms with Gasteiger partial charge in [-0.25, -0.2) is 4.39 Å². The molecule has 0 saturated carbocycles. The molecule has 0 radical (unpaired) electrons. The molecule has 2 heterocycles. The van der Waals surface area contributed by atoms with Crippen LogP contribution in [0.1, 0.15) is 32.8 Å². The first-order valence-electron chi connectivity index (χ1n) is 10.6. The van der Waals surface area contributed by atoms with Gasteiger partial charge in [-0.3, -0.25) is 9.89 Å². The van der Waals surface area contributed by atoms with E-state index in [2.05, 4.69) is 35.9 Å². The highest BCUT2D eigenvalue weighted by molar-refractivity contribution is 14.0. The van der Waals surface area contributed by atoms with Gasteiger partial charge in [-0.1, -0.05) is 26.0 Å². The molecular weight excluding hydrogens is 482 g/mol. The summed E-state index contributed by atoms with van der Waals surface area (Å²) in [5.74, 6) is 1.47. The van der Waals surface area contributed by atoms with Crippen molar-refractivity contribution in [2.24, 2.45) is 10.9 Å². The number of halogens is 2. The van der Waals surface area contributed by atoms with Crippen molar-refractivity contribution in [3.63, 3.8) is 0 Å². The Morgan fingerprint density at radius 1 is 1.28 bits per heavy atom. The lowest BCUT2D eigenvalue weighted by Crippen LogP contribution is -2.43.